The second kappa shape index (κ2) is 5.15. The zero-order valence-corrected chi connectivity index (χ0v) is 10.2. The summed E-state index contributed by atoms with van der Waals surface area (Å²) in [6.45, 7) is 2.07. The molecule has 1 amide bonds. The minimum atomic E-state index is 0.267. The first-order chi connectivity index (χ1) is 7.72. The fourth-order valence-corrected chi connectivity index (χ4v) is 2.26. The lowest BCUT2D eigenvalue weighted by Crippen LogP contribution is -2.48. The number of nitrogens with two attached hydrogens (primary N) is 1. The van der Waals surface area contributed by atoms with Crippen molar-refractivity contribution in [3.63, 3.8) is 0 Å². The van der Waals surface area contributed by atoms with Crippen LogP contribution in [0.15, 0.2) is 0 Å². The first-order valence-electron chi connectivity index (χ1n) is 6.42. The van der Waals surface area contributed by atoms with Gasteiger partial charge in [-0.3, -0.25) is 9.69 Å². The molecule has 0 spiro atoms. The summed E-state index contributed by atoms with van der Waals surface area (Å²) in [4.78, 5) is 16.2. The monoisotopic (exact) mass is 225 g/mol. The smallest absolute Gasteiger partial charge is 0.236 e. The molecule has 4 heteroatoms. The lowest BCUT2D eigenvalue weighted by atomic mass is 9.91. The van der Waals surface area contributed by atoms with Crippen molar-refractivity contribution in [3.05, 3.63) is 0 Å². The third-order valence-electron chi connectivity index (χ3n) is 3.83. The number of hydrogen-bond donors (Lipinski definition) is 1. The molecular weight excluding hydrogens is 202 g/mol. The van der Waals surface area contributed by atoms with Gasteiger partial charge in [-0.1, -0.05) is 6.42 Å². The van der Waals surface area contributed by atoms with Gasteiger partial charge in [0.2, 0.25) is 5.91 Å². The Bertz CT molecular complexity index is 249. The van der Waals surface area contributed by atoms with Crippen LogP contribution in [-0.2, 0) is 4.79 Å². The summed E-state index contributed by atoms with van der Waals surface area (Å²) in [6, 6.07) is 1.13. The molecule has 0 radical (unpaired) electrons. The summed E-state index contributed by atoms with van der Waals surface area (Å²) in [5.74, 6) is 0.267. The summed E-state index contributed by atoms with van der Waals surface area (Å²) in [5, 5.41) is 0. The quantitative estimate of drug-likeness (QED) is 0.713. The zero-order chi connectivity index (χ0) is 11.5. The number of hydrogen-bond acceptors (Lipinski definition) is 3. The van der Waals surface area contributed by atoms with E-state index >= 15 is 0 Å². The second-order valence-corrected chi connectivity index (χ2v) is 5.08. The Morgan fingerprint density at radius 2 is 1.94 bits per heavy atom. The Hall–Kier alpha value is -0.610. The van der Waals surface area contributed by atoms with Gasteiger partial charge in [0.05, 0.1) is 6.54 Å². The molecule has 0 bridgehead atoms. The number of amides is 1. The van der Waals surface area contributed by atoms with Crippen molar-refractivity contribution in [1.82, 2.24) is 9.80 Å². The normalized spacial score (nSPS) is 20.9. The Balaban J connectivity index is 1.80. The Morgan fingerprint density at radius 1 is 1.25 bits per heavy atom. The van der Waals surface area contributed by atoms with Crippen molar-refractivity contribution in [2.24, 2.45) is 5.73 Å². The number of carbonyl (C=O) groups excluding carboxylic acids is 1. The minimum absolute atomic E-state index is 0.267. The van der Waals surface area contributed by atoms with Crippen molar-refractivity contribution < 1.29 is 4.79 Å². The fourth-order valence-electron chi connectivity index (χ4n) is 2.26. The third-order valence-corrected chi connectivity index (χ3v) is 3.83. The van der Waals surface area contributed by atoms with Gasteiger partial charge in [-0.25, -0.2) is 0 Å². The van der Waals surface area contributed by atoms with Crippen LogP contribution in [0.2, 0.25) is 0 Å². The van der Waals surface area contributed by atoms with E-state index in [0.717, 1.165) is 6.54 Å². The summed E-state index contributed by atoms with van der Waals surface area (Å²) < 4.78 is 0. The van der Waals surface area contributed by atoms with Crippen LogP contribution < -0.4 is 5.73 Å². The molecule has 0 saturated heterocycles. The molecule has 2 fully saturated rings. The van der Waals surface area contributed by atoms with Gasteiger partial charge < -0.3 is 10.6 Å². The average Bonchev–Trinajstić information content (AvgIpc) is 2.97. The lowest BCUT2D eigenvalue weighted by Gasteiger charge is -2.37. The van der Waals surface area contributed by atoms with E-state index in [0.29, 0.717) is 25.2 Å². The molecule has 0 aromatic carbocycles. The van der Waals surface area contributed by atoms with Crippen LogP contribution in [0.1, 0.15) is 32.1 Å². The van der Waals surface area contributed by atoms with Gasteiger partial charge in [-0.2, -0.15) is 0 Å². The van der Waals surface area contributed by atoms with Gasteiger partial charge in [0.25, 0.3) is 0 Å². The van der Waals surface area contributed by atoms with Crippen molar-refractivity contribution in [1.29, 1.82) is 0 Å². The van der Waals surface area contributed by atoms with Gasteiger partial charge in [-0.05, 0) is 25.7 Å². The number of rotatable bonds is 6. The van der Waals surface area contributed by atoms with Crippen LogP contribution in [0.4, 0.5) is 0 Å². The molecular formula is C12H23N3O. The topological polar surface area (TPSA) is 49.6 Å². The van der Waals surface area contributed by atoms with Crippen LogP contribution in [0.3, 0.4) is 0 Å². The highest BCUT2D eigenvalue weighted by Crippen LogP contribution is 2.27. The maximum atomic E-state index is 12.0. The van der Waals surface area contributed by atoms with Gasteiger partial charge in [0, 0.05) is 32.2 Å². The Labute approximate surface area is 97.8 Å². The molecule has 0 aromatic rings. The molecule has 0 unspecified atom stereocenters. The van der Waals surface area contributed by atoms with Gasteiger partial charge in [0.1, 0.15) is 0 Å². The predicted octanol–water partition coefficient (Wildman–Crippen LogP) is 0.420. The lowest BCUT2D eigenvalue weighted by molar-refractivity contribution is -0.132. The highest BCUT2D eigenvalue weighted by Gasteiger charge is 2.32. The molecule has 16 heavy (non-hydrogen) atoms. The van der Waals surface area contributed by atoms with E-state index in [1.807, 2.05) is 11.9 Å². The largest absolute Gasteiger partial charge is 0.342 e. The highest BCUT2D eigenvalue weighted by molar-refractivity contribution is 5.78. The second-order valence-electron chi connectivity index (χ2n) is 5.08. The van der Waals surface area contributed by atoms with Crippen molar-refractivity contribution in [2.75, 3.05) is 26.7 Å². The van der Waals surface area contributed by atoms with Gasteiger partial charge >= 0.3 is 0 Å². The summed E-state index contributed by atoms with van der Waals surface area (Å²) in [5.41, 5.74) is 5.60. The van der Waals surface area contributed by atoms with Crippen LogP contribution >= 0.6 is 0 Å². The molecule has 2 saturated carbocycles. The third kappa shape index (κ3) is 2.74. The molecule has 2 aliphatic rings. The summed E-state index contributed by atoms with van der Waals surface area (Å²) >= 11 is 0. The van der Waals surface area contributed by atoms with Crippen molar-refractivity contribution >= 4 is 5.91 Å². The number of nitrogens with zero attached hydrogens (tertiary/aromatic N) is 2. The first kappa shape index (κ1) is 11.9. The summed E-state index contributed by atoms with van der Waals surface area (Å²) in [7, 11) is 1.93. The van der Waals surface area contributed by atoms with E-state index in [1.54, 1.807) is 0 Å². The van der Waals surface area contributed by atoms with E-state index in [-0.39, 0.29) is 5.91 Å². The van der Waals surface area contributed by atoms with Crippen LogP contribution in [0.25, 0.3) is 0 Å². The van der Waals surface area contributed by atoms with Gasteiger partial charge in [-0.15, -0.1) is 0 Å². The van der Waals surface area contributed by atoms with Gasteiger partial charge in [0.15, 0.2) is 0 Å². The van der Waals surface area contributed by atoms with E-state index < -0.39 is 0 Å². The Morgan fingerprint density at radius 3 is 2.38 bits per heavy atom. The molecule has 2 aliphatic carbocycles. The van der Waals surface area contributed by atoms with Crippen molar-refractivity contribution in [2.45, 2.75) is 44.2 Å². The molecule has 0 aliphatic heterocycles. The molecule has 0 atom stereocenters. The fraction of sp³-hybridized carbons (Fsp3) is 0.917. The highest BCUT2D eigenvalue weighted by atomic mass is 16.2. The molecule has 4 nitrogen and oxygen atoms in total. The molecule has 0 heterocycles. The van der Waals surface area contributed by atoms with Crippen molar-refractivity contribution in [3.8, 4) is 0 Å². The number of likely N-dealkylation sites (N-methyl/N-ethyl adjacent to an activating group) is 1. The minimum Gasteiger partial charge on any atom is -0.342 e. The molecule has 0 aromatic heterocycles. The molecule has 2 N–H and O–H groups in total. The predicted molar refractivity (Wildman–Crippen MR) is 64.1 cm³/mol. The van der Waals surface area contributed by atoms with E-state index in [4.69, 9.17) is 5.73 Å². The van der Waals surface area contributed by atoms with E-state index in [1.165, 1.54) is 32.1 Å². The maximum Gasteiger partial charge on any atom is 0.236 e. The van der Waals surface area contributed by atoms with E-state index in [9.17, 15) is 4.79 Å². The Kier molecular flexibility index (Phi) is 3.82. The SMILES string of the molecule is CN(C(=O)CN(CCN)C1CCC1)C1CC1. The zero-order valence-electron chi connectivity index (χ0n) is 10.2. The molecule has 92 valence electrons. The van der Waals surface area contributed by atoms with Crippen LogP contribution in [-0.4, -0.2) is 54.5 Å². The number of carbonyl (C=O) groups is 1. The van der Waals surface area contributed by atoms with Crippen LogP contribution in [0.5, 0.6) is 0 Å². The maximum absolute atomic E-state index is 12.0. The molecule has 2 rings (SSSR count). The average molecular weight is 225 g/mol. The first-order valence-corrected chi connectivity index (χ1v) is 6.42. The van der Waals surface area contributed by atoms with E-state index in [2.05, 4.69) is 4.90 Å². The summed E-state index contributed by atoms with van der Waals surface area (Å²) in [6.07, 6.45) is 6.14. The standard InChI is InChI=1S/C12H23N3O/c1-14(10-5-6-10)12(16)9-15(8-7-13)11-3-2-4-11/h10-11H,2-9,13H2,1H3. The van der Waals surface area contributed by atoms with Crippen LogP contribution in [0, 0.1) is 0 Å².